The number of nitrogens with zero attached hydrogens (tertiary/aromatic N) is 2. The molecule has 0 aromatic heterocycles. The molecule has 0 bridgehead atoms. The van der Waals surface area contributed by atoms with E-state index in [-0.39, 0.29) is 30.0 Å². The maximum absolute atomic E-state index is 13.0. The highest BCUT2D eigenvalue weighted by molar-refractivity contribution is 7.91. The number of fused-ring (bicyclic) bond motifs is 1. The molecule has 27 heavy (non-hydrogen) atoms. The topological polar surface area (TPSA) is 57.7 Å². The molecule has 2 aliphatic heterocycles. The average Bonchev–Trinajstić information content (AvgIpc) is 2.92. The van der Waals surface area contributed by atoms with Crippen LogP contribution in [0.5, 0.6) is 0 Å². The zero-order valence-corrected chi connectivity index (χ0v) is 16.7. The molecule has 8 heteroatoms. The van der Waals surface area contributed by atoms with Crippen LogP contribution in [0.2, 0.25) is 10.0 Å². The standard InChI is InChI=1S/C19H18Cl2N2O3S/c20-14-5-3-6-15(8-14)23-18-12-27(25,26)11-17(18)22(10-19(23)24)9-13-4-1-2-7-16(13)21/h1-8,17-18H,9-12H2/t17-,18+/m1/s1. The summed E-state index contributed by atoms with van der Waals surface area (Å²) in [6, 6.07) is 13.7. The van der Waals surface area contributed by atoms with E-state index in [2.05, 4.69) is 0 Å². The Balaban J connectivity index is 1.69. The molecular formula is C19H18Cl2N2O3S. The van der Waals surface area contributed by atoms with Gasteiger partial charge in [0.1, 0.15) is 0 Å². The predicted molar refractivity (Wildman–Crippen MR) is 107 cm³/mol. The van der Waals surface area contributed by atoms with E-state index in [9.17, 15) is 13.2 Å². The number of hydrogen-bond donors (Lipinski definition) is 0. The van der Waals surface area contributed by atoms with E-state index in [0.717, 1.165) is 5.56 Å². The van der Waals surface area contributed by atoms with E-state index in [0.29, 0.717) is 22.3 Å². The molecule has 0 N–H and O–H groups in total. The number of halogens is 2. The van der Waals surface area contributed by atoms with Gasteiger partial charge < -0.3 is 4.90 Å². The summed E-state index contributed by atoms with van der Waals surface area (Å²) >= 11 is 12.3. The lowest BCUT2D eigenvalue weighted by Gasteiger charge is -2.43. The van der Waals surface area contributed by atoms with Gasteiger partial charge in [-0.25, -0.2) is 8.42 Å². The Kier molecular flexibility index (Phi) is 4.93. The predicted octanol–water partition coefficient (Wildman–Crippen LogP) is 3.01. The summed E-state index contributed by atoms with van der Waals surface area (Å²) in [4.78, 5) is 16.5. The molecule has 0 unspecified atom stereocenters. The third kappa shape index (κ3) is 3.72. The quantitative estimate of drug-likeness (QED) is 0.759. The molecule has 4 rings (SSSR count). The molecule has 142 valence electrons. The van der Waals surface area contributed by atoms with Gasteiger partial charge in [0.05, 0.1) is 24.1 Å². The van der Waals surface area contributed by atoms with Crippen molar-refractivity contribution in [1.82, 2.24) is 4.90 Å². The summed E-state index contributed by atoms with van der Waals surface area (Å²) in [5, 5.41) is 1.12. The SMILES string of the molecule is O=C1CN(Cc2ccccc2Cl)[C@@H]2CS(=O)(=O)C[C@@H]2N1c1cccc(Cl)c1. The van der Waals surface area contributed by atoms with Crippen molar-refractivity contribution in [1.29, 1.82) is 0 Å². The summed E-state index contributed by atoms with van der Waals surface area (Å²) in [6.45, 7) is 0.569. The molecule has 2 aromatic rings. The molecule has 0 saturated carbocycles. The summed E-state index contributed by atoms with van der Waals surface area (Å²) in [5.41, 5.74) is 1.52. The molecule has 2 fully saturated rings. The van der Waals surface area contributed by atoms with Crippen LogP contribution < -0.4 is 4.90 Å². The number of carbonyl (C=O) groups excluding carboxylic acids is 1. The Bertz CT molecular complexity index is 996. The largest absolute Gasteiger partial charge is 0.306 e. The molecule has 0 spiro atoms. The van der Waals surface area contributed by atoms with Gasteiger partial charge in [-0.05, 0) is 29.8 Å². The van der Waals surface area contributed by atoms with Crippen molar-refractivity contribution >= 4 is 44.6 Å². The van der Waals surface area contributed by atoms with Crippen LogP contribution in [0.15, 0.2) is 48.5 Å². The number of carbonyl (C=O) groups is 1. The number of sulfone groups is 1. The molecule has 5 nitrogen and oxygen atoms in total. The number of rotatable bonds is 3. The van der Waals surface area contributed by atoms with E-state index in [1.165, 1.54) is 0 Å². The van der Waals surface area contributed by atoms with Crippen molar-refractivity contribution in [2.45, 2.75) is 18.6 Å². The minimum Gasteiger partial charge on any atom is -0.306 e. The van der Waals surface area contributed by atoms with Crippen molar-refractivity contribution in [3.8, 4) is 0 Å². The fraction of sp³-hybridized carbons (Fsp3) is 0.316. The molecule has 2 heterocycles. The van der Waals surface area contributed by atoms with E-state index in [1.807, 2.05) is 23.1 Å². The van der Waals surface area contributed by atoms with Gasteiger partial charge in [-0.2, -0.15) is 0 Å². The second kappa shape index (κ2) is 7.09. The second-order valence-electron chi connectivity index (χ2n) is 6.95. The number of hydrogen-bond acceptors (Lipinski definition) is 4. The van der Waals surface area contributed by atoms with E-state index >= 15 is 0 Å². The van der Waals surface area contributed by atoms with Crippen LogP contribution in [0.3, 0.4) is 0 Å². The minimum absolute atomic E-state index is 0.0342. The third-order valence-corrected chi connectivity index (χ3v) is 7.42. The Morgan fingerprint density at radius 2 is 1.74 bits per heavy atom. The highest BCUT2D eigenvalue weighted by atomic mass is 35.5. The number of amides is 1. The van der Waals surface area contributed by atoms with E-state index in [1.54, 1.807) is 35.2 Å². The van der Waals surface area contributed by atoms with Gasteiger partial charge in [0.15, 0.2) is 9.84 Å². The highest BCUT2D eigenvalue weighted by Gasteiger charge is 2.49. The van der Waals surface area contributed by atoms with Crippen LogP contribution in [-0.4, -0.2) is 49.4 Å². The highest BCUT2D eigenvalue weighted by Crippen LogP contribution is 2.34. The number of benzene rings is 2. The Morgan fingerprint density at radius 1 is 1.00 bits per heavy atom. The first-order valence-corrected chi connectivity index (χ1v) is 11.2. The van der Waals surface area contributed by atoms with Crippen LogP contribution in [0.25, 0.3) is 0 Å². The lowest BCUT2D eigenvalue weighted by atomic mass is 10.0. The molecule has 2 saturated heterocycles. The first kappa shape index (κ1) is 18.7. The Hall–Kier alpha value is -1.60. The van der Waals surface area contributed by atoms with Gasteiger partial charge in [-0.15, -0.1) is 0 Å². The van der Waals surface area contributed by atoms with Crippen LogP contribution in [0.1, 0.15) is 5.56 Å². The molecule has 2 atom stereocenters. The molecular weight excluding hydrogens is 407 g/mol. The summed E-state index contributed by atoms with van der Waals surface area (Å²) in [6.07, 6.45) is 0. The van der Waals surface area contributed by atoms with Crippen molar-refractivity contribution in [3.63, 3.8) is 0 Å². The fourth-order valence-corrected chi connectivity index (χ4v) is 6.30. The minimum atomic E-state index is -3.24. The zero-order valence-electron chi connectivity index (χ0n) is 14.4. The van der Waals surface area contributed by atoms with Crippen molar-refractivity contribution in [2.24, 2.45) is 0 Å². The van der Waals surface area contributed by atoms with Crippen LogP contribution in [-0.2, 0) is 21.2 Å². The summed E-state index contributed by atoms with van der Waals surface area (Å²) in [5.74, 6) is -0.149. The van der Waals surface area contributed by atoms with Crippen LogP contribution in [0.4, 0.5) is 5.69 Å². The first-order valence-electron chi connectivity index (χ1n) is 8.59. The van der Waals surface area contributed by atoms with Crippen LogP contribution >= 0.6 is 23.2 Å². The van der Waals surface area contributed by atoms with Gasteiger partial charge in [-0.3, -0.25) is 9.69 Å². The van der Waals surface area contributed by atoms with E-state index < -0.39 is 15.9 Å². The summed E-state index contributed by atoms with van der Waals surface area (Å²) in [7, 11) is -3.24. The molecule has 0 aliphatic carbocycles. The Morgan fingerprint density at radius 3 is 2.48 bits per heavy atom. The number of piperazine rings is 1. The first-order chi connectivity index (χ1) is 12.8. The van der Waals surface area contributed by atoms with Crippen LogP contribution in [0, 0.1) is 0 Å². The maximum atomic E-state index is 13.0. The zero-order chi connectivity index (χ0) is 19.2. The maximum Gasteiger partial charge on any atom is 0.241 e. The van der Waals surface area contributed by atoms with E-state index in [4.69, 9.17) is 23.2 Å². The molecule has 1 amide bonds. The lowest BCUT2D eigenvalue weighted by molar-refractivity contribution is -0.123. The van der Waals surface area contributed by atoms with Gasteiger partial charge >= 0.3 is 0 Å². The van der Waals surface area contributed by atoms with Gasteiger partial charge in [0.2, 0.25) is 5.91 Å². The fourth-order valence-electron chi connectivity index (χ4n) is 3.94. The van der Waals surface area contributed by atoms with Gasteiger partial charge in [0.25, 0.3) is 0 Å². The third-order valence-electron chi connectivity index (χ3n) is 5.12. The van der Waals surface area contributed by atoms with Gasteiger partial charge in [-0.1, -0.05) is 47.5 Å². The number of anilines is 1. The molecule has 2 aliphatic rings. The Labute approximate surface area is 168 Å². The monoisotopic (exact) mass is 424 g/mol. The molecule has 2 aromatic carbocycles. The average molecular weight is 425 g/mol. The second-order valence-corrected chi connectivity index (χ2v) is 9.95. The molecule has 0 radical (unpaired) electrons. The van der Waals surface area contributed by atoms with Gasteiger partial charge in [0, 0.05) is 28.3 Å². The van der Waals surface area contributed by atoms with Crippen molar-refractivity contribution in [3.05, 3.63) is 64.1 Å². The summed E-state index contributed by atoms with van der Waals surface area (Å²) < 4.78 is 24.8. The van der Waals surface area contributed by atoms with Crippen molar-refractivity contribution < 1.29 is 13.2 Å². The smallest absolute Gasteiger partial charge is 0.241 e. The van der Waals surface area contributed by atoms with Crippen molar-refractivity contribution in [2.75, 3.05) is 23.0 Å². The normalized spacial score (nSPS) is 24.8. The lowest BCUT2D eigenvalue weighted by Crippen LogP contribution is -2.61.